The third-order valence-corrected chi connectivity index (χ3v) is 2.65. The molecule has 84 valence electrons. The van der Waals surface area contributed by atoms with E-state index in [1.165, 1.54) is 0 Å². The second-order valence-corrected chi connectivity index (χ2v) is 3.89. The first kappa shape index (κ1) is 10.8. The number of aryl methyl sites for hydroxylation is 1. The molecule has 0 saturated heterocycles. The first-order valence-electron chi connectivity index (χ1n) is 5.36. The molecule has 4 heteroatoms. The van der Waals surface area contributed by atoms with Crippen LogP contribution in [0.4, 0.5) is 0 Å². The Morgan fingerprint density at radius 1 is 1.44 bits per heavy atom. The number of hydrogen-bond donors (Lipinski definition) is 1. The van der Waals surface area contributed by atoms with Gasteiger partial charge in [-0.1, -0.05) is 6.07 Å². The van der Waals surface area contributed by atoms with Gasteiger partial charge in [0.2, 0.25) is 0 Å². The van der Waals surface area contributed by atoms with E-state index in [4.69, 9.17) is 0 Å². The summed E-state index contributed by atoms with van der Waals surface area (Å²) in [4.78, 5) is 4.39. The van der Waals surface area contributed by atoms with Gasteiger partial charge in [-0.15, -0.1) is 0 Å². The van der Waals surface area contributed by atoms with E-state index in [0.717, 1.165) is 16.9 Å². The highest BCUT2D eigenvalue weighted by atomic mass is 15.3. The summed E-state index contributed by atoms with van der Waals surface area (Å²) in [5.74, 6) is 0.887. The highest BCUT2D eigenvalue weighted by Crippen LogP contribution is 2.18. The normalized spacial score (nSPS) is 12.7. The average molecular weight is 216 g/mol. The average Bonchev–Trinajstić information content (AvgIpc) is 2.75. The standard InChI is InChI=1S/C12H16N4/c1-9-7-15-16(8-9)12-11(10(2)13-3)5-4-6-14-12/h4-8,10,13H,1-3H3. The summed E-state index contributed by atoms with van der Waals surface area (Å²) in [7, 11) is 1.94. The lowest BCUT2D eigenvalue weighted by Crippen LogP contribution is -2.16. The van der Waals surface area contributed by atoms with Crippen molar-refractivity contribution < 1.29 is 0 Å². The fourth-order valence-electron chi connectivity index (χ4n) is 1.62. The Bertz CT molecular complexity index is 475. The van der Waals surface area contributed by atoms with Crippen LogP contribution in [0.5, 0.6) is 0 Å². The van der Waals surface area contributed by atoms with Crippen molar-refractivity contribution in [2.75, 3.05) is 7.05 Å². The van der Waals surface area contributed by atoms with E-state index >= 15 is 0 Å². The first-order valence-corrected chi connectivity index (χ1v) is 5.36. The molecular weight excluding hydrogens is 200 g/mol. The van der Waals surface area contributed by atoms with Gasteiger partial charge < -0.3 is 5.32 Å². The van der Waals surface area contributed by atoms with Crippen LogP contribution in [0, 0.1) is 6.92 Å². The van der Waals surface area contributed by atoms with Crippen molar-refractivity contribution in [3.8, 4) is 5.82 Å². The lowest BCUT2D eigenvalue weighted by atomic mass is 10.1. The summed E-state index contributed by atoms with van der Waals surface area (Å²) in [6.45, 7) is 4.13. The molecule has 16 heavy (non-hydrogen) atoms. The van der Waals surface area contributed by atoms with Crippen LogP contribution in [0.2, 0.25) is 0 Å². The van der Waals surface area contributed by atoms with Crippen molar-refractivity contribution in [3.05, 3.63) is 41.9 Å². The van der Waals surface area contributed by atoms with Gasteiger partial charge >= 0.3 is 0 Å². The summed E-state index contributed by atoms with van der Waals surface area (Å²) in [6, 6.07) is 4.28. The van der Waals surface area contributed by atoms with Gasteiger partial charge in [-0.2, -0.15) is 5.10 Å². The maximum Gasteiger partial charge on any atom is 0.158 e. The van der Waals surface area contributed by atoms with Crippen molar-refractivity contribution in [1.29, 1.82) is 0 Å². The molecule has 0 fully saturated rings. The maximum atomic E-state index is 4.39. The summed E-state index contributed by atoms with van der Waals surface area (Å²) < 4.78 is 1.82. The largest absolute Gasteiger partial charge is 0.313 e. The Hall–Kier alpha value is -1.68. The first-order chi connectivity index (χ1) is 7.72. The van der Waals surface area contributed by atoms with E-state index < -0.39 is 0 Å². The molecule has 2 heterocycles. The number of aromatic nitrogens is 3. The zero-order valence-electron chi connectivity index (χ0n) is 9.81. The highest BCUT2D eigenvalue weighted by molar-refractivity contribution is 5.35. The summed E-state index contributed by atoms with van der Waals surface area (Å²) >= 11 is 0. The smallest absolute Gasteiger partial charge is 0.158 e. The Morgan fingerprint density at radius 3 is 2.88 bits per heavy atom. The minimum atomic E-state index is 0.258. The van der Waals surface area contributed by atoms with Crippen LogP contribution >= 0.6 is 0 Å². The Kier molecular flexibility index (Phi) is 3.01. The predicted molar refractivity (Wildman–Crippen MR) is 63.6 cm³/mol. The minimum Gasteiger partial charge on any atom is -0.313 e. The molecule has 0 aromatic carbocycles. The molecule has 0 radical (unpaired) electrons. The van der Waals surface area contributed by atoms with Gasteiger partial charge in [0, 0.05) is 24.0 Å². The topological polar surface area (TPSA) is 42.7 Å². The maximum absolute atomic E-state index is 4.39. The molecular formula is C12H16N4. The molecule has 0 amide bonds. The molecule has 2 rings (SSSR count). The fourth-order valence-corrected chi connectivity index (χ4v) is 1.62. The number of nitrogens with zero attached hydrogens (tertiary/aromatic N) is 3. The monoisotopic (exact) mass is 216 g/mol. The molecule has 0 aliphatic carbocycles. The van der Waals surface area contributed by atoms with Crippen molar-refractivity contribution in [3.63, 3.8) is 0 Å². The van der Waals surface area contributed by atoms with Crippen LogP contribution in [-0.2, 0) is 0 Å². The summed E-state index contributed by atoms with van der Waals surface area (Å²) in [5, 5.41) is 7.51. The van der Waals surface area contributed by atoms with Gasteiger partial charge in [0.1, 0.15) is 0 Å². The Labute approximate surface area is 95.3 Å². The van der Waals surface area contributed by atoms with Crippen molar-refractivity contribution in [2.45, 2.75) is 19.9 Å². The summed E-state index contributed by atoms with van der Waals surface area (Å²) in [5.41, 5.74) is 2.28. The van der Waals surface area contributed by atoms with Gasteiger partial charge in [0.15, 0.2) is 5.82 Å². The summed E-state index contributed by atoms with van der Waals surface area (Å²) in [6.07, 6.45) is 5.61. The molecule has 0 spiro atoms. The second-order valence-electron chi connectivity index (χ2n) is 3.89. The van der Waals surface area contributed by atoms with E-state index in [0.29, 0.717) is 0 Å². The molecule has 1 N–H and O–H groups in total. The zero-order chi connectivity index (χ0) is 11.5. The van der Waals surface area contributed by atoms with Crippen LogP contribution in [-0.4, -0.2) is 21.8 Å². The minimum absolute atomic E-state index is 0.258. The zero-order valence-corrected chi connectivity index (χ0v) is 9.81. The van der Waals surface area contributed by atoms with Gasteiger partial charge in [0.25, 0.3) is 0 Å². The van der Waals surface area contributed by atoms with Crippen molar-refractivity contribution >= 4 is 0 Å². The van der Waals surface area contributed by atoms with E-state index in [2.05, 4.69) is 28.4 Å². The van der Waals surface area contributed by atoms with Crippen LogP contribution in [0.1, 0.15) is 24.1 Å². The molecule has 0 bridgehead atoms. The molecule has 0 aliphatic rings. The lowest BCUT2D eigenvalue weighted by molar-refractivity contribution is 0.638. The van der Waals surface area contributed by atoms with Crippen molar-refractivity contribution in [2.24, 2.45) is 0 Å². The molecule has 4 nitrogen and oxygen atoms in total. The third-order valence-electron chi connectivity index (χ3n) is 2.65. The van der Waals surface area contributed by atoms with E-state index in [1.54, 1.807) is 6.20 Å². The predicted octanol–water partition coefficient (Wildman–Crippen LogP) is 1.86. The van der Waals surface area contributed by atoms with E-state index in [1.807, 2.05) is 37.1 Å². The Morgan fingerprint density at radius 2 is 2.25 bits per heavy atom. The Balaban J connectivity index is 2.48. The molecule has 2 aromatic rings. The van der Waals surface area contributed by atoms with E-state index in [9.17, 15) is 0 Å². The quantitative estimate of drug-likeness (QED) is 0.851. The van der Waals surface area contributed by atoms with Gasteiger partial charge in [-0.05, 0) is 32.5 Å². The molecule has 2 aromatic heterocycles. The van der Waals surface area contributed by atoms with Crippen LogP contribution in [0.3, 0.4) is 0 Å². The van der Waals surface area contributed by atoms with Gasteiger partial charge in [0.05, 0.1) is 6.20 Å². The molecule has 1 unspecified atom stereocenters. The van der Waals surface area contributed by atoms with Crippen LogP contribution in [0.25, 0.3) is 5.82 Å². The number of rotatable bonds is 3. The molecule has 1 atom stereocenters. The lowest BCUT2D eigenvalue weighted by Gasteiger charge is -2.14. The van der Waals surface area contributed by atoms with E-state index in [-0.39, 0.29) is 6.04 Å². The number of nitrogens with one attached hydrogen (secondary N) is 1. The third kappa shape index (κ3) is 1.97. The SMILES string of the molecule is CNC(C)c1cccnc1-n1cc(C)cn1. The van der Waals surface area contributed by atoms with Crippen molar-refractivity contribution in [1.82, 2.24) is 20.1 Å². The van der Waals surface area contributed by atoms with Crippen LogP contribution < -0.4 is 5.32 Å². The highest BCUT2D eigenvalue weighted by Gasteiger charge is 2.11. The number of pyridine rings is 1. The number of hydrogen-bond acceptors (Lipinski definition) is 3. The second kappa shape index (κ2) is 4.45. The molecule has 0 aliphatic heterocycles. The molecule has 0 saturated carbocycles. The van der Waals surface area contributed by atoms with Crippen LogP contribution in [0.15, 0.2) is 30.7 Å². The fraction of sp³-hybridized carbons (Fsp3) is 0.333. The van der Waals surface area contributed by atoms with Gasteiger partial charge in [-0.3, -0.25) is 0 Å². The van der Waals surface area contributed by atoms with Gasteiger partial charge in [-0.25, -0.2) is 9.67 Å².